The van der Waals surface area contributed by atoms with Crippen LogP contribution in [0.2, 0.25) is 0 Å². The molecule has 0 radical (unpaired) electrons. The van der Waals surface area contributed by atoms with Crippen molar-refractivity contribution in [2.45, 2.75) is 33.6 Å². The normalized spacial score (nSPS) is 19.9. The molecule has 0 amide bonds. The van der Waals surface area contributed by atoms with Crippen molar-refractivity contribution in [3.05, 3.63) is 35.7 Å². The Bertz CT molecular complexity index is 322. The van der Waals surface area contributed by atoms with Gasteiger partial charge in [0.25, 0.3) is 0 Å². The molecule has 0 aliphatic carbocycles. The molecular formula is C15H24FN. The van der Waals surface area contributed by atoms with Crippen LogP contribution in [0.3, 0.4) is 0 Å². The molecule has 0 N–H and O–H groups in total. The quantitative estimate of drug-likeness (QED) is 0.629. The lowest BCUT2D eigenvalue weighted by Gasteiger charge is -2.39. The van der Waals surface area contributed by atoms with Crippen LogP contribution in [-0.4, -0.2) is 24.5 Å². The highest BCUT2D eigenvalue weighted by molar-refractivity contribution is 5.27. The summed E-state index contributed by atoms with van der Waals surface area (Å²) in [5, 5.41) is 0. The molecule has 1 fully saturated rings. The predicted octanol–water partition coefficient (Wildman–Crippen LogP) is 4.09. The van der Waals surface area contributed by atoms with Crippen LogP contribution in [0.4, 0.5) is 4.39 Å². The molecule has 0 aromatic heterocycles. The largest absolute Gasteiger partial charge is 0.299 e. The van der Waals surface area contributed by atoms with Crippen molar-refractivity contribution in [2.75, 3.05) is 19.6 Å². The third-order valence-corrected chi connectivity index (χ3v) is 3.27. The average Bonchev–Trinajstić information content (AvgIpc) is 2.25. The zero-order chi connectivity index (χ0) is 12.8. The van der Waals surface area contributed by atoms with E-state index in [1.54, 1.807) is 12.2 Å². The number of allylic oxidation sites excluding steroid dienone is 4. The minimum absolute atomic E-state index is 0.110. The number of rotatable bonds is 6. The van der Waals surface area contributed by atoms with E-state index in [1.807, 2.05) is 13.8 Å². The second-order valence-electron chi connectivity index (χ2n) is 5.07. The predicted molar refractivity (Wildman–Crippen MR) is 72.6 cm³/mol. The Morgan fingerprint density at radius 1 is 1.41 bits per heavy atom. The van der Waals surface area contributed by atoms with Crippen LogP contribution in [0, 0.1) is 5.92 Å². The van der Waals surface area contributed by atoms with E-state index < -0.39 is 0 Å². The Balaban J connectivity index is 2.42. The highest BCUT2D eigenvalue weighted by Crippen LogP contribution is 2.22. The third kappa shape index (κ3) is 4.47. The van der Waals surface area contributed by atoms with Crippen LogP contribution in [-0.2, 0) is 0 Å². The van der Waals surface area contributed by atoms with Crippen LogP contribution in [0.25, 0.3) is 0 Å². The second kappa shape index (κ2) is 6.75. The summed E-state index contributed by atoms with van der Waals surface area (Å²) in [7, 11) is 0. The Morgan fingerprint density at radius 2 is 2.06 bits per heavy atom. The fourth-order valence-corrected chi connectivity index (χ4v) is 2.19. The van der Waals surface area contributed by atoms with Crippen LogP contribution in [0.5, 0.6) is 0 Å². The van der Waals surface area contributed by atoms with Gasteiger partial charge >= 0.3 is 0 Å². The number of hydrogen-bond donors (Lipinski definition) is 0. The molecule has 17 heavy (non-hydrogen) atoms. The maximum absolute atomic E-state index is 13.7. The van der Waals surface area contributed by atoms with Gasteiger partial charge in [-0.25, -0.2) is 4.39 Å². The summed E-state index contributed by atoms with van der Waals surface area (Å²) in [6, 6.07) is 0. The lowest BCUT2D eigenvalue weighted by atomic mass is 9.94. The maximum atomic E-state index is 13.7. The van der Waals surface area contributed by atoms with Gasteiger partial charge in [-0.3, -0.25) is 4.90 Å². The van der Waals surface area contributed by atoms with E-state index in [-0.39, 0.29) is 5.83 Å². The summed E-state index contributed by atoms with van der Waals surface area (Å²) in [6.07, 6.45) is 5.79. The average molecular weight is 237 g/mol. The molecule has 1 saturated heterocycles. The van der Waals surface area contributed by atoms with E-state index in [4.69, 9.17) is 0 Å². The monoisotopic (exact) mass is 237 g/mol. The van der Waals surface area contributed by atoms with E-state index in [0.717, 1.165) is 36.7 Å². The summed E-state index contributed by atoms with van der Waals surface area (Å²) >= 11 is 0. The Labute approximate surface area is 105 Å². The van der Waals surface area contributed by atoms with Gasteiger partial charge in [-0.1, -0.05) is 26.0 Å². The Morgan fingerprint density at radius 3 is 2.59 bits per heavy atom. The lowest BCUT2D eigenvalue weighted by molar-refractivity contribution is 0.104. The van der Waals surface area contributed by atoms with E-state index >= 15 is 0 Å². The highest BCUT2D eigenvalue weighted by atomic mass is 19.1. The van der Waals surface area contributed by atoms with Crippen molar-refractivity contribution in [1.29, 1.82) is 0 Å². The molecule has 1 aliphatic rings. The zero-order valence-corrected chi connectivity index (χ0v) is 11.3. The molecule has 0 atom stereocenters. The maximum Gasteiger partial charge on any atom is 0.123 e. The van der Waals surface area contributed by atoms with Gasteiger partial charge < -0.3 is 0 Å². The first-order chi connectivity index (χ1) is 8.06. The van der Waals surface area contributed by atoms with E-state index in [0.29, 0.717) is 0 Å². The fourth-order valence-electron chi connectivity index (χ4n) is 2.19. The number of nitrogens with zero attached hydrogens (tertiary/aromatic N) is 1. The van der Waals surface area contributed by atoms with Gasteiger partial charge in [-0.2, -0.15) is 0 Å². The van der Waals surface area contributed by atoms with Crippen molar-refractivity contribution >= 4 is 0 Å². The molecule has 1 nitrogen and oxygen atoms in total. The van der Waals surface area contributed by atoms with Gasteiger partial charge in [-0.15, -0.1) is 0 Å². The molecule has 2 heteroatoms. The molecule has 0 aromatic carbocycles. The van der Waals surface area contributed by atoms with Crippen LogP contribution >= 0.6 is 0 Å². The fraction of sp³-hybridized carbons (Fsp3) is 0.600. The van der Waals surface area contributed by atoms with Crippen LogP contribution in [0.15, 0.2) is 35.7 Å². The summed E-state index contributed by atoms with van der Waals surface area (Å²) < 4.78 is 13.7. The first-order valence-corrected chi connectivity index (χ1v) is 6.45. The third-order valence-electron chi connectivity index (χ3n) is 3.27. The van der Waals surface area contributed by atoms with Crippen molar-refractivity contribution in [2.24, 2.45) is 5.92 Å². The Kier molecular flexibility index (Phi) is 5.63. The molecule has 0 unspecified atom stereocenters. The first kappa shape index (κ1) is 14.2. The minimum Gasteiger partial charge on any atom is -0.299 e. The molecule has 96 valence electrons. The number of halogens is 1. The molecule has 0 saturated carbocycles. The van der Waals surface area contributed by atoms with Gasteiger partial charge in [0.1, 0.15) is 5.83 Å². The molecule has 0 bridgehead atoms. The van der Waals surface area contributed by atoms with Gasteiger partial charge in [0.05, 0.1) is 0 Å². The topological polar surface area (TPSA) is 3.24 Å². The smallest absolute Gasteiger partial charge is 0.123 e. The number of likely N-dealkylation sites (tertiary alicyclic amines) is 1. The summed E-state index contributed by atoms with van der Waals surface area (Å²) in [5.41, 5.74) is 1.69. The van der Waals surface area contributed by atoms with Crippen LogP contribution < -0.4 is 0 Å². The SMILES string of the molecule is C=C/C(C)=C\C(F)=C(/C)CN1CC(CCC)C1. The summed E-state index contributed by atoms with van der Waals surface area (Å²) in [6.45, 7) is 12.6. The molecule has 1 heterocycles. The molecule has 0 aromatic rings. The van der Waals surface area contributed by atoms with Crippen molar-refractivity contribution in [3.8, 4) is 0 Å². The standard InChI is InChI=1S/C15H24FN/c1-5-7-14-10-17(11-14)9-13(4)15(16)8-12(3)6-2/h6,8,14H,2,5,7,9-11H2,1,3-4H3/b12-8-,15-13-. The van der Waals surface area contributed by atoms with Gasteiger partial charge in [0, 0.05) is 19.6 Å². The lowest BCUT2D eigenvalue weighted by Crippen LogP contribution is -2.47. The van der Waals surface area contributed by atoms with Crippen LogP contribution in [0.1, 0.15) is 33.6 Å². The van der Waals surface area contributed by atoms with Gasteiger partial charge in [0.2, 0.25) is 0 Å². The zero-order valence-electron chi connectivity index (χ0n) is 11.3. The van der Waals surface area contributed by atoms with E-state index in [1.165, 1.54) is 12.8 Å². The Hall–Kier alpha value is -0.890. The van der Waals surface area contributed by atoms with E-state index in [9.17, 15) is 4.39 Å². The molecule has 1 rings (SSSR count). The second-order valence-corrected chi connectivity index (χ2v) is 5.07. The molecular weight excluding hydrogens is 213 g/mol. The van der Waals surface area contributed by atoms with Crippen molar-refractivity contribution < 1.29 is 4.39 Å². The van der Waals surface area contributed by atoms with Gasteiger partial charge in [-0.05, 0) is 43.4 Å². The highest BCUT2D eigenvalue weighted by Gasteiger charge is 2.25. The van der Waals surface area contributed by atoms with Crippen molar-refractivity contribution in [1.82, 2.24) is 4.90 Å². The first-order valence-electron chi connectivity index (χ1n) is 6.45. The number of hydrogen-bond acceptors (Lipinski definition) is 1. The summed E-state index contributed by atoms with van der Waals surface area (Å²) in [4.78, 5) is 2.31. The molecule has 1 aliphatic heterocycles. The minimum atomic E-state index is -0.110. The summed E-state index contributed by atoms with van der Waals surface area (Å²) in [5.74, 6) is 0.725. The molecule has 0 spiro atoms. The van der Waals surface area contributed by atoms with E-state index in [2.05, 4.69) is 18.4 Å². The van der Waals surface area contributed by atoms with Gasteiger partial charge in [0.15, 0.2) is 0 Å². The van der Waals surface area contributed by atoms with Crippen molar-refractivity contribution in [3.63, 3.8) is 0 Å².